The van der Waals surface area contributed by atoms with Gasteiger partial charge in [0.1, 0.15) is 5.60 Å². The van der Waals surface area contributed by atoms with Gasteiger partial charge in [-0.3, -0.25) is 0 Å². The van der Waals surface area contributed by atoms with Gasteiger partial charge in [0.05, 0.1) is 0 Å². The Hall–Kier alpha value is -0.770. The third kappa shape index (κ3) is 5.85. The molecule has 0 heterocycles. The lowest BCUT2D eigenvalue weighted by Crippen LogP contribution is -2.55. The lowest BCUT2D eigenvalue weighted by atomic mass is 9.86. The highest BCUT2D eigenvalue weighted by Crippen LogP contribution is 2.26. The highest BCUT2D eigenvalue weighted by atomic mass is 16.6. The monoisotopic (exact) mass is 296 g/mol. The third-order valence-electron chi connectivity index (χ3n) is 4.59. The van der Waals surface area contributed by atoms with Crippen molar-refractivity contribution >= 4 is 6.09 Å². The first-order valence-corrected chi connectivity index (χ1v) is 8.57. The lowest BCUT2D eigenvalue weighted by molar-refractivity contribution is 0.0462. The predicted octanol–water partition coefficient (Wildman–Crippen LogP) is 3.60. The molecule has 21 heavy (non-hydrogen) atoms. The Bertz CT molecular complexity index is 345. The Morgan fingerprint density at radius 3 is 2.38 bits per heavy atom. The van der Waals surface area contributed by atoms with Crippen molar-refractivity contribution in [1.29, 1.82) is 0 Å². The molecule has 0 saturated heterocycles. The van der Waals surface area contributed by atoms with E-state index in [1.165, 1.54) is 32.1 Å². The van der Waals surface area contributed by atoms with Gasteiger partial charge in [-0.1, -0.05) is 19.8 Å². The number of amides is 1. The maximum atomic E-state index is 11.7. The minimum Gasteiger partial charge on any atom is -0.444 e. The van der Waals surface area contributed by atoms with E-state index in [2.05, 4.69) is 17.6 Å². The van der Waals surface area contributed by atoms with Crippen LogP contribution in [0, 0.1) is 5.92 Å². The quantitative estimate of drug-likeness (QED) is 0.782. The summed E-state index contributed by atoms with van der Waals surface area (Å²) in [5.41, 5.74) is -0.414. The zero-order valence-electron chi connectivity index (χ0n) is 14.1. The Morgan fingerprint density at radius 1 is 1.00 bits per heavy atom. The molecule has 0 spiro atoms. The number of alkyl carbamates (subject to hydrolysis) is 1. The van der Waals surface area contributed by atoms with Crippen LogP contribution in [0.25, 0.3) is 0 Å². The minimum absolute atomic E-state index is 0.280. The van der Waals surface area contributed by atoms with E-state index in [0.29, 0.717) is 12.1 Å². The molecular formula is C17H32N2O2. The second kappa shape index (κ2) is 6.99. The zero-order valence-corrected chi connectivity index (χ0v) is 14.1. The third-order valence-corrected chi connectivity index (χ3v) is 4.59. The predicted molar refractivity (Wildman–Crippen MR) is 85.4 cm³/mol. The zero-order chi connectivity index (χ0) is 15.5. The molecule has 2 aliphatic carbocycles. The Kier molecular flexibility index (Phi) is 5.53. The van der Waals surface area contributed by atoms with Gasteiger partial charge in [-0.15, -0.1) is 0 Å². The number of ether oxygens (including phenoxy) is 1. The Morgan fingerprint density at radius 2 is 1.71 bits per heavy atom. The summed E-state index contributed by atoms with van der Waals surface area (Å²) in [4.78, 5) is 11.7. The van der Waals surface area contributed by atoms with Crippen LogP contribution < -0.4 is 10.6 Å². The SMILES string of the molecule is CC1CCCC(NC2CC(NC(=O)OC(C)(C)C)C2)CC1. The molecule has 2 saturated carbocycles. The first kappa shape index (κ1) is 16.6. The molecular weight excluding hydrogens is 264 g/mol. The van der Waals surface area contributed by atoms with Crippen LogP contribution >= 0.6 is 0 Å². The summed E-state index contributed by atoms with van der Waals surface area (Å²) in [7, 11) is 0. The first-order chi connectivity index (χ1) is 9.82. The molecule has 4 heteroatoms. The number of hydrogen-bond acceptors (Lipinski definition) is 3. The van der Waals surface area contributed by atoms with Crippen molar-refractivity contribution in [2.45, 2.75) is 96.4 Å². The molecule has 2 unspecified atom stereocenters. The average molecular weight is 296 g/mol. The van der Waals surface area contributed by atoms with Crippen molar-refractivity contribution in [1.82, 2.24) is 10.6 Å². The molecule has 2 N–H and O–H groups in total. The van der Waals surface area contributed by atoms with Gasteiger partial charge in [-0.2, -0.15) is 0 Å². The van der Waals surface area contributed by atoms with Crippen LogP contribution in [0.2, 0.25) is 0 Å². The number of nitrogens with one attached hydrogen (secondary N) is 2. The lowest BCUT2D eigenvalue weighted by Gasteiger charge is -2.39. The van der Waals surface area contributed by atoms with E-state index in [4.69, 9.17) is 4.74 Å². The van der Waals surface area contributed by atoms with Crippen molar-refractivity contribution in [3.63, 3.8) is 0 Å². The van der Waals surface area contributed by atoms with Gasteiger partial charge in [-0.05, 0) is 58.8 Å². The van der Waals surface area contributed by atoms with Gasteiger partial charge in [0.2, 0.25) is 0 Å². The number of hydrogen-bond donors (Lipinski definition) is 2. The largest absolute Gasteiger partial charge is 0.444 e. The van der Waals surface area contributed by atoms with Crippen LogP contribution in [0.5, 0.6) is 0 Å². The molecule has 2 aliphatic rings. The highest BCUT2D eigenvalue weighted by Gasteiger charge is 2.33. The molecule has 0 bridgehead atoms. The maximum absolute atomic E-state index is 11.7. The van der Waals surface area contributed by atoms with E-state index >= 15 is 0 Å². The van der Waals surface area contributed by atoms with Crippen LogP contribution in [-0.2, 0) is 4.74 Å². The van der Waals surface area contributed by atoms with Gasteiger partial charge in [0.15, 0.2) is 0 Å². The summed E-state index contributed by atoms with van der Waals surface area (Å²) in [6, 6.07) is 1.54. The average Bonchev–Trinajstić information content (AvgIpc) is 2.49. The van der Waals surface area contributed by atoms with E-state index in [0.717, 1.165) is 18.8 Å². The fraction of sp³-hybridized carbons (Fsp3) is 0.941. The Balaban J connectivity index is 1.62. The fourth-order valence-electron chi connectivity index (χ4n) is 3.33. The molecule has 2 atom stereocenters. The summed E-state index contributed by atoms with van der Waals surface area (Å²) < 4.78 is 5.29. The molecule has 0 radical (unpaired) electrons. The van der Waals surface area contributed by atoms with Gasteiger partial charge < -0.3 is 15.4 Å². The molecule has 0 aromatic heterocycles. The van der Waals surface area contributed by atoms with Crippen molar-refractivity contribution in [2.24, 2.45) is 5.92 Å². The topological polar surface area (TPSA) is 50.4 Å². The number of rotatable bonds is 3. The summed E-state index contributed by atoms with van der Waals surface area (Å²) in [5, 5.41) is 6.73. The van der Waals surface area contributed by atoms with Gasteiger partial charge in [-0.25, -0.2) is 4.79 Å². The van der Waals surface area contributed by atoms with Crippen molar-refractivity contribution in [2.75, 3.05) is 0 Å². The van der Waals surface area contributed by atoms with E-state index in [1.807, 2.05) is 20.8 Å². The smallest absolute Gasteiger partial charge is 0.407 e. The van der Waals surface area contributed by atoms with Gasteiger partial charge in [0.25, 0.3) is 0 Å². The van der Waals surface area contributed by atoms with Gasteiger partial charge >= 0.3 is 6.09 Å². The van der Waals surface area contributed by atoms with Crippen LogP contribution in [-0.4, -0.2) is 29.8 Å². The van der Waals surface area contributed by atoms with Crippen molar-refractivity contribution < 1.29 is 9.53 Å². The van der Waals surface area contributed by atoms with Crippen molar-refractivity contribution in [3.05, 3.63) is 0 Å². The molecule has 0 aromatic rings. The summed E-state index contributed by atoms with van der Waals surface area (Å²) in [5.74, 6) is 0.889. The number of carbonyl (C=O) groups is 1. The number of carbonyl (C=O) groups excluding carboxylic acids is 1. The van der Waals surface area contributed by atoms with Crippen LogP contribution in [0.3, 0.4) is 0 Å². The summed E-state index contributed by atoms with van der Waals surface area (Å²) >= 11 is 0. The van der Waals surface area contributed by atoms with Crippen LogP contribution in [0.15, 0.2) is 0 Å². The molecule has 0 aromatic carbocycles. The maximum Gasteiger partial charge on any atom is 0.407 e. The normalized spacial score (nSPS) is 33.7. The second-order valence-corrected chi connectivity index (χ2v) is 7.99. The van der Waals surface area contributed by atoms with Crippen LogP contribution in [0.4, 0.5) is 4.79 Å². The Labute approximate surface area is 129 Å². The van der Waals surface area contributed by atoms with Crippen LogP contribution in [0.1, 0.15) is 72.6 Å². The van der Waals surface area contributed by atoms with E-state index < -0.39 is 5.60 Å². The van der Waals surface area contributed by atoms with E-state index in [1.54, 1.807) is 0 Å². The molecule has 1 amide bonds. The van der Waals surface area contributed by atoms with E-state index in [9.17, 15) is 4.79 Å². The molecule has 2 rings (SSSR count). The highest BCUT2D eigenvalue weighted by molar-refractivity contribution is 5.68. The standard InChI is InChI=1S/C17H32N2O2/c1-12-6-5-7-13(9-8-12)18-14-10-15(11-14)19-16(20)21-17(2,3)4/h12-15,18H,5-11H2,1-4H3,(H,19,20). The first-order valence-electron chi connectivity index (χ1n) is 8.57. The molecule has 122 valence electrons. The molecule has 4 nitrogen and oxygen atoms in total. The summed E-state index contributed by atoms with van der Waals surface area (Å²) in [6.45, 7) is 8.05. The fourth-order valence-corrected chi connectivity index (χ4v) is 3.33. The molecule has 2 fully saturated rings. The van der Waals surface area contributed by atoms with Crippen molar-refractivity contribution in [3.8, 4) is 0 Å². The summed E-state index contributed by atoms with van der Waals surface area (Å²) in [6.07, 6.45) is 8.48. The molecule has 0 aliphatic heterocycles. The van der Waals surface area contributed by atoms with Gasteiger partial charge in [0, 0.05) is 18.1 Å². The minimum atomic E-state index is -0.414. The van der Waals surface area contributed by atoms with E-state index in [-0.39, 0.29) is 12.1 Å². The second-order valence-electron chi connectivity index (χ2n) is 7.99.